The molecule has 0 bridgehead atoms. The van der Waals surface area contributed by atoms with Gasteiger partial charge in [-0.25, -0.2) is 14.4 Å². The molecule has 41 heavy (non-hydrogen) atoms. The Morgan fingerprint density at radius 3 is 2.63 bits per heavy atom. The molecule has 1 saturated heterocycles. The van der Waals surface area contributed by atoms with Crippen molar-refractivity contribution >= 4 is 22.4 Å². The smallest absolute Gasteiger partial charge is 0.162 e. The number of ether oxygens (including phenoxy) is 3. The van der Waals surface area contributed by atoms with Crippen molar-refractivity contribution in [1.29, 1.82) is 0 Å². The number of hydrogen-bond donors (Lipinski definition) is 1. The Morgan fingerprint density at radius 1 is 1.10 bits per heavy atom. The summed E-state index contributed by atoms with van der Waals surface area (Å²) in [7, 11) is 3.18. The average Bonchev–Trinajstić information content (AvgIpc) is 3.51. The number of nitrogens with zero attached hydrogens (tertiary/aromatic N) is 3. The first kappa shape index (κ1) is 26.7. The Bertz CT molecular complexity index is 1580. The minimum Gasteiger partial charge on any atom is -0.495 e. The number of anilines is 2. The third-order valence-electron chi connectivity index (χ3n) is 7.79. The number of alkyl halides is 1. The second-order valence-corrected chi connectivity index (χ2v) is 10.2. The van der Waals surface area contributed by atoms with E-state index in [0.29, 0.717) is 52.6 Å². The summed E-state index contributed by atoms with van der Waals surface area (Å²) in [5, 5.41) is 4.08. The summed E-state index contributed by atoms with van der Waals surface area (Å²) >= 11 is 0. The Balaban J connectivity index is 1.28. The number of methoxy groups -OCH3 is 2. The van der Waals surface area contributed by atoms with E-state index in [1.807, 2.05) is 42.5 Å². The summed E-state index contributed by atoms with van der Waals surface area (Å²) in [6.07, 6.45) is 7.07. The first-order chi connectivity index (χ1) is 20.1. The lowest BCUT2D eigenvalue weighted by molar-refractivity contribution is 0.0330. The highest BCUT2D eigenvalue weighted by Gasteiger charge is 2.33. The molecule has 2 unspecified atom stereocenters. The van der Waals surface area contributed by atoms with E-state index in [4.69, 9.17) is 18.6 Å². The number of rotatable bonds is 9. The van der Waals surface area contributed by atoms with Crippen LogP contribution >= 0.6 is 0 Å². The fourth-order valence-corrected chi connectivity index (χ4v) is 5.45. The van der Waals surface area contributed by atoms with Crippen molar-refractivity contribution in [3.05, 3.63) is 79.0 Å². The van der Waals surface area contributed by atoms with E-state index in [-0.39, 0.29) is 6.54 Å². The largest absolute Gasteiger partial charge is 0.495 e. The molecule has 0 radical (unpaired) electrons. The van der Waals surface area contributed by atoms with Gasteiger partial charge < -0.3 is 28.8 Å². The highest BCUT2D eigenvalue weighted by Crippen LogP contribution is 2.39. The van der Waals surface area contributed by atoms with Crippen LogP contribution in [0.3, 0.4) is 0 Å². The SMILES string of the molecule is C=CC(=C1CCC1)N1CCC(Oc2cc3c(Nc4cc(-c5ccco5)ccc4OC)ncnc3cc2OC)C(F)C1. The van der Waals surface area contributed by atoms with E-state index in [1.165, 1.54) is 18.3 Å². The van der Waals surface area contributed by atoms with E-state index < -0.39 is 12.3 Å². The first-order valence-electron chi connectivity index (χ1n) is 13.8. The highest BCUT2D eigenvalue weighted by atomic mass is 19.1. The van der Waals surface area contributed by atoms with Crippen LogP contribution in [0.1, 0.15) is 25.7 Å². The maximum absolute atomic E-state index is 15.5. The number of allylic oxidation sites excluding steroid dienone is 2. The van der Waals surface area contributed by atoms with Crippen molar-refractivity contribution in [3.8, 4) is 28.6 Å². The molecule has 3 heterocycles. The molecule has 9 heteroatoms. The molecule has 6 rings (SSSR count). The number of benzene rings is 2. The lowest BCUT2D eigenvalue weighted by Crippen LogP contribution is -2.46. The molecule has 0 amide bonds. The normalized spacial score (nSPS) is 18.5. The molecular formula is C32H33FN4O4. The average molecular weight is 557 g/mol. The second-order valence-electron chi connectivity index (χ2n) is 10.2. The Hall–Kier alpha value is -4.53. The van der Waals surface area contributed by atoms with Gasteiger partial charge in [-0.05, 0) is 67.3 Å². The summed E-state index contributed by atoms with van der Waals surface area (Å²) in [6, 6.07) is 13.1. The Kier molecular flexibility index (Phi) is 7.50. The molecule has 1 aliphatic heterocycles. The van der Waals surface area contributed by atoms with Gasteiger partial charge in [0, 0.05) is 35.7 Å². The molecule has 2 aromatic carbocycles. The molecule has 1 N–H and O–H groups in total. The number of aromatic nitrogens is 2. The van der Waals surface area contributed by atoms with Gasteiger partial charge in [-0.3, -0.25) is 0 Å². The van der Waals surface area contributed by atoms with Crippen molar-refractivity contribution < 1.29 is 23.0 Å². The van der Waals surface area contributed by atoms with Gasteiger partial charge in [0.25, 0.3) is 0 Å². The lowest BCUT2D eigenvalue weighted by atomic mass is 9.89. The lowest BCUT2D eigenvalue weighted by Gasteiger charge is -2.38. The van der Waals surface area contributed by atoms with Gasteiger partial charge in [-0.15, -0.1) is 0 Å². The predicted octanol–water partition coefficient (Wildman–Crippen LogP) is 7.07. The van der Waals surface area contributed by atoms with Crippen LogP contribution in [0, 0.1) is 0 Å². The van der Waals surface area contributed by atoms with Crippen molar-refractivity contribution in [1.82, 2.24) is 14.9 Å². The van der Waals surface area contributed by atoms with Crippen LogP contribution in [0.4, 0.5) is 15.9 Å². The zero-order valence-corrected chi connectivity index (χ0v) is 23.2. The third kappa shape index (κ3) is 5.31. The van der Waals surface area contributed by atoms with Crippen molar-refractivity contribution in [2.45, 2.75) is 38.0 Å². The fourth-order valence-electron chi connectivity index (χ4n) is 5.45. The third-order valence-corrected chi connectivity index (χ3v) is 7.79. The second kappa shape index (κ2) is 11.5. The molecule has 4 aromatic rings. The topological polar surface area (TPSA) is 81.9 Å². The molecule has 0 spiro atoms. The molecular weight excluding hydrogens is 523 g/mol. The van der Waals surface area contributed by atoms with Gasteiger partial charge in [0.2, 0.25) is 0 Å². The van der Waals surface area contributed by atoms with Crippen LogP contribution in [-0.4, -0.2) is 54.5 Å². The molecule has 2 aliphatic rings. The molecule has 2 fully saturated rings. The number of fused-ring (bicyclic) bond motifs is 1. The van der Waals surface area contributed by atoms with E-state index in [1.54, 1.807) is 26.5 Å². The van der Waals surface area contributed by atoms with Crippen LogP contribution in [0.2, 0.25) is 0 Å². The van der Waals surface area contributed by atoms with E-state index >= 15 is 4.39 Å². The Labute approximate surface area is 238 Å². The van der Waals surface area contributed by atoms with Gasteiger partial charge in [0.1, 0.15) is 29.8 Å². The van der Waals surface area contributed by atoms with Crippen LogP contribution in [-0.2, 0) is 0 Å². The summed E-state index contributed by atoms with van der Waals surface area (Å²) in [5.41, 5.74) is 4.70. The number of furan rings is 1. The zero-order valence-electron chi connectivity index (χ0n) is 23.2. The maximum Gasteiger partial charge on any atom is 0.162 e. The van der Waals surface area contributed by atoms with Gasteiger partial charge in [-0.2, -0.15) is 0 Å². The van der Waals surface area contributed by atoms with Crippen molar-refractivity contribution in [2.24, 2.45) is 0 Å². The van der Waals surface area contributed by atoms with E-state index in [0.717, 1.165) is 29.9 Å². The number of halogens is 1. The number of piperidine rings is 1. The molecule has 8 nitrogen and oxygen atoms in total. The zero-order chi connectivity index (χ0) is 28.3. The number of likely N-dealkylation sites (tertiary alicyclic amines) is 1. The Morgan fingerprint density at radius 2 is 1.95 bits per heavy atom. The van der Waals surface area contributed by atoms with Gasteiger partial charge in [-0.1, -0.05) is 6.58 Å². The molecule has 2 aromatic heterocycles. The molecule has 1 saturated carbocycles. The van der Waals surface area contributed by atoms with Crippen LogP contribution < -0.4 is 19.5 Å². The monoisotopic (exact) mass is 556 g/mol. The molecule has 2 atom stereocenters. The minimum absolute atomic E-state index is 0.271. The van der Waals surface area contributed by atoms with Crippen molar-refractivity contribution in [3.63, 3.8) is 0 Å². The van der Waals surface area contributed by atoms with Crippen LogP contribution in [0.5, 0.6) is 17.2 Å². The first-order valence-corrected chi connectivity index (χ1v) is 13.8. The number of hydrogen-bond acceptors (Lipinski definition) is 8. The molecule has 212 valence electrons. The summed E-state index contributed by atoms with van der Waals surface area (Å²) in [6.45, 7) is 4.94. The molecule has 1 aliphatic carbocycles. The van der Waals surface area contributed by atoms with Crippen LogP contribution in [0.15, 0.2) is 83.4 Å². The quantitative estimate of drug-likeness (QED) is 0.235. The van der Waals surface area contributed by atoms with Gasteiger partial charge >= 0.3 is 0 Å². The van der Waals surface area contributed by atoms with E-state index in [9.17, 15) is 0 Å². The predicted molar refractivity (Wildman–Crippen MR) is 157 cm³/mol. The summed E-state index contributed by atoms with van der Waals surface area (Å²) in [4.78, 5) is 11.0. The number of nitrogens with one attached hydrogen (secondary N) is 1. The minimum atomic E-state index is -1.17. The maximum atomic E-state index is 15.5. The van der Waals surface area contributed by atoms with Crippen LogP contribution in [0.25, 0.3) is 22.2 Å². The summed E-state index contributed by atoms with van der Waals surface area (Å²) in [5.74, 6) is 2.85. The van der Waals surface area contributed by atoms with Gasteiger partial charge in [0.05, 0.1) is 38.2 Å². The fraction of sp³-hybridized carbons (Fsp3) is 0.312. The standard InChI is InChI=1S/C32H33FN4O4/c1-4-26(20-7-5-8-20)37-13-12-28(23(33)18-37)41-31-16-22-24(17-30(31)39-3)34-19-35-32(22)36-25-15-21(10-11-29(25)38-2)27-9-6-14-40-27/h4,6,9-11,14-17,19,23,28H,1,5,7-8,12-13,18H2,2-3H3,(H,34,35,36). The summed E-state index contributed by atoms with van der Waals surface area (Å²) < 4.78 is 38.6. The highest BCUT2D eigenvalue weighted by molar-refractivity contribution is 5.93. The van der Waals surface area contributed by atoms with Crippen molar-refractivity contribution in [2.75, 3.05) is 32.6 Å². The van der Waals surface area contributed by atoms with Gasteiger partial charge in [0.15, 0.2) is 17.7 Å². The van der Waals surface area contributed by atoms with E-state index in [2.05, 4.69) is 26.8 Å².